The number of benzene rings is 1. The van der Waals surface area contributed by atoms with E-state index in [0.717, 1.165) is 55.9 Å². The van der Waals surface area contributed by atoms with Crippen molar-refractivity contribution in [3.8, 4) is 10.6 Å². The van der Waals surface area contributed by atoms with Gasteiger partial charge in [0.25, 0.3) is 0 Å². The molecule has 1 aromatic carbocycles. The third-order valence-electron chi connectivity index (χ3n) is 7.50. The molecule has 262 valence electrons. The first-order valence-electron chi connectivity index (χ1n) is 16.4. The number of carbonyl (C=O) groups is 2. The fraction of sp³-hybridized carbons (Fsp3) is 0.244. The van der Waals surface area contributed by atoms with Gasteiger partial charge in [-0.1, -0.05) is 35.6 Å². The molecular weight excluding hydrogens is 699 g/mol. The lowest BCUT2D eigenvalue weighted by atomic mass is 10.0. The number of nitrogens with zero attached hydrogens (tertiary/aromatic N) is 3. The Bertz CT molecular complexity index is 2460. The van der Waals surface area contributed by atoms with Crippen molar-refractivity contribution in [2.24, 2.45) is 5.92 Å². The second kappa shape index (κ2) is 23.9. The van der Waals surface area contributed by atoms with Gasteiger partial charge < -0.3 is 9.80 Å². The van der Waals surface area contributed by atoms with Crippen molar-refractivity contribution in [2.75, 3.05) is 25.5 Å². The number of likely N-dealkylation sites (tertiary alicyclic amines) is 1. The number of thiazole rings is 1. The van der Waals surface area contributed by atoms with E-state index in [1.165, 1.54) is 18.3 Å². The van der Waals surface area contributed by atoms with Crippen LogP contribution in [0.4, 0.5) is 18.6 Å². The van der Waals surface area contributed by atoms with Gasteiger partial charge in [0, 0.05) is 60.9 Å². The maximum atomic E-state index is 13.4. The molecule has 6 nitrogen and oxygen atoms in total. The van der Waals surface area contributed by atoms with Crippen LogP contribution in [0.5, 0.6) is 0 Å². The lowest BCUT2D eigenvalue weighted by Gasteiger charge is -2.37. The van der Waals surface area contributed by atoms with Gasteiger partial charge in [-0.2, -0.15) is 0 Å². The zero-order chi connectivity index (χ0) is 38.8. The number of carbonyl (C=O) groups excluding carboxylic acids is 2. The highest BCUT2D eigenvalue weighted by molar-refractivity contribution is 7.19. The van der Waals surface area contributed by atoms with Crippen molar-refractivity contribution in [1.82, 2.24) is 14.8 Å². The van der Waals surface area contributed by atoms with Crippen LogP contribution < -0.4 is 5.32 Å². The van der Waals surface area contributed by atoms with Crippen molar-refractivity contribution < 1.29 is 18.4 Å². The van der Waals surface area contributed by atoms with E-state index in [2.05, 4.69) is 144 Å². The Morgan fingerprint density at radius 2 is 1.15 bits per heavy atom. The van der Waals surface area contributed by atoms with Gasteiger partial charge in [0.15, 0.2) is 0 Å². The van der Waals surface area contributed by atoms with E-state index in [0.29, 0.717) is 28.7 Å². The highest BCUT2D eigenvalue weighted by atomic mass is 32.1. The molecule has 1 saturated carbocycles. The molecule has 1 aliphatic heterocycles. The van der Waals surface area contributed by atoms with E-state index in [9.17, 15) is 18.4 Å². The third kappa shape index (κ3) is 15.2. The smallest absolute Gasteiger partial charge is 0.322 e. The summed E-state index contributed by atoms with van der Waals surface area (Å²) in [6.45, 7) is 7.95. The average Bonchev–Trinajstić information content (AvgIpc) is 3.89. The first-order valence-corrected chi connectivity index (χ1v) is 17.2. The molecule has 3 amide bonds. The SMILES string of the molecule is C=C=C=C=C=C=C=C=C=C=C=C=C=C=C=C=C=C=C=C=C=C=C.CN(C(=O)Nc1cnc(-c2cc(F)cc(F)c2)s1)C1CCN(C(=O)C2CCCC2)CC1. The molecule has 0 spiro atoms. The number of anilines is 1. The van der Waals surface area contributed by atoms with Crippen molar-refractivity contribution >= 4 is 28.3 Å². The van der Waals surface area contributed by atoms with Gasteiger partial charge in [0.05, 0.1) is 6.20 Å². The third-order valence-corrected chi connectivity index (χ3v) is 8.46. The number of aromatic nitrogens is 1. The van der Waals surface area contributed by atoms with Crippen LogP contribution in [0.25, 0.3) is 10.6 Å². The second-order valence-corrected chi connectivity index (χ2v) is 12.0. The molecule has 0 bridgehead atoms. The number of urea groups is 1. The lowest BCUT2D eigenvalue weighted by Crippen LogP contribution is -2.49. The quantitative estimate of drug-likeness (QED) is 0.320. The zero-order valence-electron chi connectivity index (χ0n) is 29.4. The van der Waals surface area contributed by atoms with Crippen molar-refractivity contribution in [3.63, 3.8) is 0 Å². The highest BCUT2D eigenvalue weighted by Gasteiger charge is 2.32. The maximum absolute atomic E-state index is 13.4. The number of hydrogen-bond donors (Lipinski definition) is 1. The van der Waals surface area contributed by atoms with Crippen LogP contribution in [-0.4, -0.2) is 52.9 Å². The number of amides is 3. The summed E-state index contributed by atoms with van der Waals surface area (Å²) in [6, 6.07) is 3.01. The Kier molecular flexibility index (Phi) is 18.1. The lowest BCUT2D eigenvalue weighted by molar-refractivity contribution is -0.136. The molecule has 2 aliphatic rings. The molecule has 2 heterocycles. The van der Waals surface area contributed by atoms with Gasteiger partial charge in [-0.05, 0) is 143 Å². The molecule has 0 atom stereocenters. The normalized spacial score (nSPS) is 11.8. The number of hydrogen-bond acceptors (Lipinski definition) is 4. The Hall–Kier alpha value is -7.43. The van der Waals surface area contributed by atoms with E-state index in [1.807, 2.05) is 4.90 Å². The van der Waals surface area contributed by atoms with Crippen LogP contribution in [0.1, 0.15) is 38.5 Å². The predicted octanol–water partition coefficient (Wildman–Crippen LogP) is 8.79. The first kappa shape index (κ1) is 41.0. The van der Waals surface area contributed by atoms with Crippen molar-refractivity contribution in [2.45, 2.75) is 44.6 Å². The van der Waals surface area contributed by atoms with Crippen LogP contribution in [-0.2, 0) is 4.79 Å². The molecule has 4 rings (SSSR count). The van der Waals surface area contributed by atoms with E-state index >= 15 is 0 Å². The second-order valence-electron chi connectivity index (χ2n) is 11.0. The molecule has 2 fully saturated rings. The van der Waals surface area contributed by atoms with Gasteiger partial charge >= 0.3 is 6.03 Å². The summed E-state index contributed by atoms with van der Waals surface area (Å²) in [7, 11) is 1.75. The molecule has 2 aromatic rings. The number of nitrogens with one attached hydrogen (secondary N) is 1. The van der Waals surface area contributed by atoms with Gasteiger partial charge in [-0.3, -0.25) is 10.1 Å². The summed E-state index contributed by atoms with van der Waals surface area (Å²) < 4.78 is 26.9. The van der Waals surface area contributed by atoms with Crippen LogP contribution in [0, 0.1) is 17.6 Å². The van der Waals surface area contributed by atoms with Gasteiger partial charge in [0.1, 0.15) is 21.6 Å². The summed E-state index contributed by atoms with van der Waals surface area (Å²) in [5.74, 6) is -0.889. The molecule has 0 unspecified atom stereocenters. The van der Waals surface area contributed by atoms with E-state index in [1.54, 1.807) is 11.9 Å². The maximum Gasteiger partial charge on any atom is 0.322 e. The molecule has 54 heavy (non-hydrogen) atoms. The largest absolute Gasteiger partial charge is 0.342 e. The zero-order valence-corrected chi connectivity index (χ0v) is 30.2. The summed E-state index contributed by atoms with van der Waals surface area (Å²) in [6.07, 6.45) is 7.27. The molecule has 1 saturated heterocycles. The number of piperidine rings is 1. The van der Waals surface area contributed by atoms with Gasteiger partial charge in [0.2, 0.25) is 5.91 Å². The predicted molar refractivity (Wildman–Crippen MR) is 201 cm³/mol. The Labute approximate surface area is 316 Å². The fourth-order valence-electron chi connectivity index (χ4n) is 5.03. The minimum atomic E-state index is -0.673. The molecule has 1 N–H and O–H groups in total. The minimum Gasteiger partial charge on any atom is -0.342 e. The Morgan fingerprint density at radius 3 is 1.57 bits per heavy atom. The molecular formula is C45H30F2N4O2S. The van der Waals surface area contributed by atoms with Crippen molar-refractivity contribution in [1.29, 1.82) is 0 Å². The summed E-state index contributed by atoms with van der Waals surface area (Å²) >= 11 is 1.16. The van der Waals surface area contributed by atoms with Crippen LogP contribution >= 0.6 is 11.3 Å². The van der Waals surface area contributed by atoms with E-state index in [4.69, 9.17) is 0 Å². The minimum absolute atomic E-state index is 0.0531. The highest BCUT2D eigenvalue weighted by Crippen LogP contribution is 2.31. The fourth-order valence-corrected chi connectivity index (χ4v) is 5.82. The first-order chi connectivity index (χ1) is 26.3. The Balaban J connectivity index is 0.000000306. The number of halogens is 2. The van der Waals surface area contributed by atoms with Gasteiger partial charge in [-0.15, -0.1) is 0 Å². The molecule has 1 aromatic heterocycles. The topological polar surface area (TPSA) is 65.5 Å². The number of rotatable bonds is 4. The van der Waals surface area contributed by atoms with Crippen molar-refractivity contribution in [3.05, 3.63) is 170 Å². The van der Waals surface area contributed by atoms with Crippen LogP contribution in [0.2, 0.25) is 0 Å². The van der Waals surface area contributed by atoms with Crippen LogP contribution in [0.3, 0.4) is 0 Å². The Morgan fingerprint density at radius 1 is 0.722 bits per heavy atom. The molecule has 9 heteroatoms. The molecule has 1 aliphatic carbocycles. The average molecular weight is 729 g/mol. The summed E-state index contributed by atoms with van der Waals surface area (Å²) in [5, 5.41) is 3.74. The monoisotopic (exact) mass is 728 g/mol. The molecule has 0 radical (unpaired) electrons. The summed E-state index contributed by atoms with van der Waals surface area (Å²) in [4.78, 5) is 33.1. The standard InChI is InChI=1S/C23H4.C22H26F2N4O2S/c1-3-5-7-9-11-13-15-17-19-21-23-22-20-18-16-14-12-10-8-6-4-2;1-27(18-6-8-28(9-7-18)21(29)14-4-2-3-5-14)22(30)26-19-13-25-20(31-19)15-10-16(23)12-17(24)11-15/h1-2H2;10-14,18H,2-9H2,1H3,(H,26,30). The van der Waals surface area contributed by atoms with E-state index in [-0.39, 0.29) is 23.9 Å². The summed E-state index contributed by atoms with van der Waals surface area (Å²) in [5.41, 5.74) is 52.2. The van der Waals surface area contributed by atoms with Gasteiger partial charge in [-0.25, -0.2) is 18.6 Å². The van der Waals surface area contributed by atoms with Crippen LogP contribution in [0.15, 0.2) is 158 Å². The van der Waals surface area contributed by atoms with E-state index < -0.39 is 11.6 Å².